The molecule has 45 heavy (non-hydrogen) atoms. The number of nitrogens with one attached hydrogen (secondary N) is 1. The molecule has 3 aromatic carbocycles. The molecule has 0 aliphatic heterocycles. The van der Waals surface area contributed by atoms with Crippen LogP contribution in [0.5, 0.6) is 0 Å². The summed E-state index contributed by atoms with van der Waals surface area (Å²) in [6.45, 7) is 4.25. The number of nitrogens with zero attached hydrogens (tertiary/aromatic N) is 1. The molecule has 0 radical (unpaired) electrons. The summed E-state index contributed by atoms with van der Waals surface area (Å²) in [5.41, 5.74) is 4.77. The Morgan fingerprint density at radius 1 is 0.822 bits per heavy atom. The van der Waals surface area contributed by atoms with Gasteiger partial charge in [-0.25, -0.2) is 9.18 Å². The minimum absolute atomic E-state index is 0.0939. The van der Waals surface area contributed by atoms with Gasteiger partial charge in [-0.2, -0.15) is 0 Å². The van der Waals surface area contributed by atoms with Crippen molar-refractivity contribution in [1.29, 1.82) is 0 Å². The number of hydrogen-bond acceptors (Lipinski definition) is 5. The fourth-order valence-corrected chi connectivity index (χ4v) is 5.20. The smallest absolute Gasteiger partial charge is 0.481 e. The van der Waals surface area contributed by atoms with E-state index in [0.29, 0.717) is 28.1 Å². The molecule has 1 amide bonds. The van der Waals surface area contributed by atoms with E-state index in [1.165, 1.54) is 12.1 Å². The minimum atomic E-state index is -2.33. The highest BCUT2D eigenvalue weighted by Gasteiger charge is 2.31. The zero-order valence-corrected chi connectivity index (χ0v) is 24.9. The standard InChI is InChI=1S/C33H35FN2O5.CHFO2/c1-21(2)31-30(33(41)35-25-11-7-4-8-12-25)29(22-9-5-3-6-10-22)32(23-13-15-24(34)16-14-23)36(31)18-17-26(37)19-27(38)20-28(39)40;2-1(3)4/h3-16,21,26-27,37-38H,17-20H2,1-2H3,(H,35,41)(H,39,40);(H,3,4). The zero-order valence-electron chi connectivity index (χ0n) is 24.9. The Hall–Kier alpha value is -4.87. The number of anilines is 1. The summed E-state index contributed by atoms with van der Waals surface area (Å²) in [7, 11) is 0. The van der Waals surface area contributed by atoms with Crippen LogP contribution >= 0.6 is 0 Å². The Balaban J connectivity index is 0.00000130. The quantitative estimate of drug-likeness (QED) is 0.107. The lowest BCUT2D eigenvalue weighted by molar-refractivity contribution is -0.139. The molecule has 0 fully saturated rings. The number of amides is 1. The predicted octanol–water partition coefficient (Wildman–Crippen LogP) is 6.95. The number of halogens is 2. The van der Waals surface area contributed by atoms with Crippen LogP contribution in [0.25, 0.3) is 22.4 Å². The van der Waals surface area contributed by atoms with E-state index in [-0.39, 0.29) is 37.0 Å². The van der Waals surface area contributed by atoms with Crippen LogP contribution < -0.4 is 5.32 Å². The molecule has 0 saturated carbocycles. The number of benzene rings is 3. The Labute approximate surface area is 259 Å². The van der Waals surface area contributed by atoms with E-state index in [1.807, 2.05) is 79.1 Å². The van der Waals surface area contributed by atoms with Gasteiger partial charge in [0.25, 0.3) is 5.91 Å². The average molecular weight is 623 g/mol. The van der Waals surface area contributed by atoms with Gasteiger partial charge in [0.1, 0.15) is 5.82 Å². The topological polar surface area (TPSA) is 149 Å². The number of carboxylic acid groups (broad SMARTS) is 2. The number of aliphatic hydroxyl groups excluding tert-OH is 2. The third-order valence-electron chi connectivity index (χ3n) is 6.93. The molecule has 0 bridgehead atoms. The molecule has 4 rings (SSSR count). The van der Waals surface area contributed by atoms with Crippen LogP contribution in [-0.4, -0.2) is 55.3 Å². The van der Waals surface area contributed by atoms with E-state index in [2.05, 4.69) is 5.32 Å². The van der Waals surface area contributed by atoms with Crippen LogP contribution in [0.2, 0.25) is 0 Å². The molecular weight excluding hydrogens is 586 g/mol. The van der Waals surface area contributed by atoms with Crippen LogP contribution in [0.4, 0.5) is 19.3 Å². The lowest BCUT2D eigenvalue weighted by Crippen LogP contribution is -2.22. The number of carboxylic acids is 1. The minimum Gasteiger partial charge on any atom is -0.481 e. The number of hydrogen-bond donors (Lipinski definition) is 5. The van der Waals surface area contributed by atoms with Gasteiger partial charge in [-0.1, -0.05) is 62.4 Å². The Bertz CT molecular complexity index is 1570. The predicted molar refractivity (Wildman–Crippen MR) is 166 cm³/mol. The molecule has 5 N–H and O–H groups in total. The second-order valence-corrected chi connectivity index (χ2v) is 10.7. The van der Waals surface area contributed by atoms with Gasteiger partial charge in [-0.3, -0.25) is 9.59 Å². The number of rotatable bonds is 12. The molecule has 1 aromatic heterocycles. The SMILES string of the molecule is CC(C)c1c(C(=O)Nc2ccccc2)c(-c2ccccc2)c(-c2ccc(F)cc2)n1CCC(O)CC(O)CC(=O)O.O=C(O)F. The molecule has 0 aliphatic rings. The van der Waals surface area contributed by atoms with E-state index in [9.17, 15) is 28.6 Å². The summed E-state index contributed by atoms with van der Waals surface area (Å²) in [5, 5.41) is 39.5. The maximum absolute atomic E-state index is 14.0. The summed E-state index contributed by atoms with van der Waals surface area (Å²) >= 11 is 0. The Kier molecular flexibility index (Phi) is 12.5. The van der Waals surface area contributed by atoms with Crippen molar-refractivity contribution in [3.63, 3.8) is 0 Å². The molecule has 2 unspecified atom stereocenters. The van der Waals surface area contributed by atoms with Crippen molar-refractivity contribution in [2.45, 2.75) is 57.8 Å². The van der Waals surface area contributed by atoms with Gasteiger partial charge < -0.3 is 30.3 Å². The van der Waals surface area contributed by atoms with Gasteiger partial charge in [-0.15, -0.1) is 4.39 Å². The van der Waals surface area contributed by atoms with Crippen molar-refractivity contribution in [1.82, 2.24) is 4.57 Å². The molecular formula is C34H36F2N2O7. The second-order valence-electron chi connectivity index (χ2n) is 10.7. The number of carbonyl (C=O) groups excluding carboxylic acids is 1. The average Bonchev–Trinajstić information content (AvgIpc) is 3.32. The van der Waals surface area contributed by atoms with Crippen LogP contribution in [0.15, 0.2) is 84.9 Å². The van der Waals surface area contributed by atoms with Crippen molar-refractivity contribution in [2.24, 2.45) is 0 Å². The fraction of sp³-hybridized carbons (Fsp3) is 0.265. The van der Waals surface area contributed by atoms with E-state index < -0.39 is 30.8 Å². The molecule has 0 spiro atoms. The molecule has 11 heteroatoms. The zero-order chi connectivity index (χ0) is 33.1. The Morgan fingerprint density at radius 2 is 1.38 bits per heavy atom. The molecule has 2 atom stereocenters. The summed E-state index contributed by atoms with van der Waals surface area (Å²) in [5.74, 6) is -1.93. The summed E-state index contributed by atoms with van der Waals surface area (Å²) in [6.07, 6.45) is -4.84. The van der Waals surface area contributed by atoms with Gasteiger partial charge in [0.05, 0.1) is 29.9 Å². The highest BCUT2D eigenvalue weighted by atomic mass is 19.1. The lowest BCUT2D eigenvalue weighted by Gasteiger charge is -2.20. The summed E-state index contributed by atoms with van der Waals surface area (Å²) < 4.78 is 25.9. The maximum Gasteiger partial charge on any atom is 0.492 e. The van der Waals surface area contributed by atoms with Crippen LogP contribution in [0.3, 0.4) is 0 Å². The first kappa shape index (κ1) is 34.6. The number of carbonyl (C=O) groups is 3. The van der Waals surface area contributed by atoms with Crippen LogP contribution in [-0.2, 0) is 11.3 Å². The van der Waals surface area contributed by atoms with Gasteiger partial charge in [-0.05, 0) is 66.3 Å². The normalized spacial score (nSPS) is 12.2. The van der Waals surface area contributed by atoms with Crippen LogP contribution in [0.1, 0.15) is 55.1 Å². The number of para-hydroxylation sites is 1. The Morgan fingerprint density at radius 3 is 1.91 bits per heavy atom. The van der Waals surface area contributed by atoms with Crippen LogP contribution in [0, 0.1) is 5.82 Å². The monoisotopic (exact) mass is 622 g/mol. The first-order valence-corrected chi connectivity index (χ1v) is 14.3. The third kappa shape index (κ3) is 9.82. The number of aliphatic carboxylic acids is 1. The van der Waals surface area contributed by atoms with E-state index in [4.69, 9.17) is 15.0 Å². The third-order valence-corrected chi connectivity index (χ3v) is 6.93. The van der Waals surface area contributed by atoms with E-state index >= 15 is 0 Å². The highest BCUT2D eigenvalue weighted by molar-refractivity contribution is 6.12. The van der Waals surface area contributed by atoms with Crippen molar-refractivity contribution < 1.29 is 43.6 Å². The molecule has 9 nitrogen and oxygen atoms in total. The fourth-order valence-electron chi connectivity index (χ4n) is 5.20. The van der Waals surface area contributed by atoms with Gasteiger partial charge in [0.2, 0.25) is 0 Å². The molecule has 1 heterocycles. The lowest BCUT2D eigenvalue weighted by atomic mass is 9.94. The van der Waals surface area contributed by atoms with E-state index in [1.54, 1.807) is 12.1 Å². The van der Waals surface area contributed by atoms with Gasteiger partial charge in [0, 0.05) is 23.5 Å². The van der Waals surface area contributed by atoms with Crippen molar-refractivity contribution in [3.05, 3.63) is 102 Å². The second kappa shape index (κ2) is 16.3. The van der Waals surface area contributed by atoms with Gasteiger partial charge in [0.15, 0.2) is 0 Å². The molecule has 0 aliphatic carbocycles. The number of aromatic nitrogens is 1. The van der Waals surface area contributed by atoms with Crippen molar-refractivity contribution in [2.75, 3.05) is 5.32 Å². The number of aliphatic hydroxyl groups is 2. The summed E-state index contributed by atoms with van der Waals surface area (Å²) in [4.78, 5) is 33.4. The first-order chi connectivity index (χ1) is 21.4. The highest BCUT2D eigenvalue weighted by Crippen LogP contribution is 2.42. The van der Waals surface area contributed by atoms with Crippen molar-refractivity contribution in [3.8, 4) is 22.4 Å². The summed E-state index contributed by atoms with van der Waals surface area (Å²) in [6, 6.07) is 24.8. The van der Waals surface area contributed by atoms with Crippen molar-refractivity contribution >= 4 is 23.8 Å². The molecule has 4 aromatic rings. The van der Waals surface area contributed by atoms with Gasteiger partial charge >= 0.3 is 12.2 Å². The molecule has 0 saturated heterocycles. The first-order valence-electron chi connectivity index (χ1n) is 14.3. The van der Waals surface area contributed by atoms with E-state index in [0.717, 1.165) is 11.3 Å². The molecule has 238 valence electrons. The maximum atomic E-state index is 14.0. The largest absolute Gasteiger partial charge is 0.492 e.